The smallest absolute Gasteiger partial charge is 0.340 e. The van der Waals surface area contributed by atoms with Crippen molar-refractivity contribution in [2.45, 2.75) is 24.5 Å². The van der Waals surface area contributed by atoms with Crippen molar-refractivity contribution in [3.63, 3.8) is 0 Å². The Balaban J connectivity index is 2.07. The zero-order valence-corrected chi connectivity index (χ0v) is 10.9. The summed E-state index contributed by atoms with van der Waals surface area (Å²) in [6.07, 6.45) is 4.52. The summed E-state index contributed by atoms with van der Waals surface area (Å²) in [6, 6.07) is 0. The van der Waals surface area contributed by atoms with Gasteiger partial charge in [0.1, 0.15) is 10.6 Å². The van der Waals surface area contributed by atoms with E-state index in [-0.39, 0.29) is 0 Å². The average molecular weight is 258 g/mol. The van der Waals surface area contributed by atoms with E-state index in [1.165, 1.54) is 24.4 Å². The van der Waals surface area contributed by atoms with Crippen molar-refractivity contribution in [3.05, 3.63) is 11.3 Å². The van der Waals surface area contributed by atoms with Gasteiger partial charge in [-0.1, -0.05) is 0 Å². The number of carboxylic acids is 1. The molecule has 88 valence electrons. The van der Waals surface area contributed by atoms with E-state index in [1.54, 1.807) is 6.92 Å². The predicted molar refractivity (Wildman–Crippen MR) is 67.8 cm³/mol. The Bertz CT molecular complexity index is 413. The summed E-state index contributed by atoms with van der Waals surface area (Å²) >= 11 is 3.09. The highest BCUT2D eigenvalue weighted by atomic mass is 32.2. The topological polar surface area (TPSA) is 62.2 Å². The predicted octanol–water partition coefficient (Wildman–Crippen LogP) is 2.46. The third kappa shape index (κ3) is 2.17. The van der Waals surface area contributed by atoms with E-state index >= 15 is 0 Å². The first-order valence-corrected chi connectivity index (χ1v) is 7.06. The summed E-state index contributed by atoms with van der Waals surface area (Å²) in [5, 5.41) is 13.0. The number of thioether (sulfide) groups is 1. The average Bonchev–Trinajstić information content (AvgIpc) is 2.93. The molecule has 2 rings (SSSR count). The number of nitrogens with zero attached hydrogens (tertiary/aromatic N) is 1. The molecule has 0 radical (unpaired) electrons. The van der Waals surface area contributed by atoms with Gasteiger partial charge in [0.15, 0.2) is 0 Å². The fourth-order valence-corrected chi connectivity index (χ4v) is 3.09. The van der Waals surface area contributed by atoms with Gasteiger partial charge in [-0.15, -0.1) is 0 Å². The summed E-state index contributed by atoms with van der Waals surface area (Å²) in [6.45, 7) is 2.56. The van der Waals surface area contributed by atoms with E-state index < -0.39 is 5.97 Å². The lowest BCUT2D eigenvalue weighted by molar-refractivity contribution is 0.0697. The second-order valence-electron chi connectivity index (χ2n) is 4.02. The second kappa shape index (κ2) is 4.25. The number of hydrogen-bond acceptors (Lipinski definition) is 5. The molecule has 1 aromatic heterocycles. The Morgan fingerprint density at radius 3 is 2.88 bits per heavy atom. The summed E-state index contributed by atoms with van der Waals surface area (Å²) < 4.78 is 4.40. The fourth-order valence-electron chi connectivity index (χ4n) is 1.58. The summed E-state index contributed by atoms with van der Waals surface area (Å²) in [4.78, 5) is 11.0. The summed E-state index contributed by atoms with van der Waals surface area (Å²) in [7, 11) is 0. The van der Waals surface area contributed by atoms with Crippen molar-refractivity contribution < 1.29 is 9.90 Å². The van der Waals surface area contributed by atoms with Gasteiger partial charge in [-0.3, -0.25) is 0 Å². The molecule has 2 N–H and O–H groups in total. The number of anilines is 1. The van der Waals surface area contributed by atoms with Crippen LogP contribution in [0, 0.1) is 6.92 Å². The molecule has 0 aromatic carbocycles. The minimum Gasteiger partial charge on any atom is -0.478 e. The van der Waals surface area contributed by atoms with Crippen molar-refractivity contribution in [2.24, 2.45) is 0 Å². The van der Waals surface area contributed by atoms with Crippen LogP contribution in [0.3, 0.4) is 0 Å². The standard InChI is InChI=1S/C10H14N2O2S2/c1-6-7(9(13)14)8(16-12-6)11-5-10(15-2)3-4-10/h11H,3-5H2,1-2H3,(H,13,14). The largest absolute Gasteiger partial charge is 0.478 e. The van der Waals surface area contributed by atoms with Crippen LogP contribution < -0.4 is 5.32 Å². The van der Waals surface area contributed by atoms with Gasteiger partial charge in [0.25, 0.3) is 0 Å². The number of nitrogens with one attached hydrogen (secondary N) is 1. The molecule has 1 aliphatic carbocycles. The van der Waals surface area contributed by atoms with Gasteiger partial charge in [-0.25, -0.2) is 4.79 Å². The molecule has 1 heterocycles. The third-order valence-corrected chi connectivity index (χ3v) is 5.20. The first-order valence-electron chi connectivity index (χ1n) is 5.06. The highest BCUT2D eigenvalue weighted by molar-refractivity contribution is 8.00. The van der Waals surface area contributed by atoms with Crippen LogP contribution in [0.4, 0.5) is 5.00 Å². The molecule has 0 spiro atoms. The molecular formula is C10H14N2O2S2. The van der Waals surface area contributed by atoms with Gasteiger partial charge in [-0.2, -0.15) is 16.1 Å². The molecule has 1 aromatic rings. The molecule has 0 aliphatic heterocycles. The highest BCUT2D eigenvalue weighted by Gasteiger charge is 2.41. The third-order valence-electron chi connectivity index (χ3n) is 2.89. The number of hydrogen-bond donors (Lipinski definition) is 2. The van der Waals surface area contributed by atoms with Gasteiger partial charge < -0.3 is 10.4 Å². The lowest BCUT2D eigenvalue weighted by Gasteiger charge is -2.12. The van der Waals surface area contributed by atoms with Crippen LogP contribution in [0.25, 0.3) is 0 Å². The monoisotopic (exact) mass is 258 g/mol. The van der Waals surface area contributed by atoms with Crippen molar-refractivity contribution in [2.75, 3.05) is 18.1 Å². The molecule has 0 atom stereocenters. The van der Waals surface area contributed by atoms with E-state index in [4.69, 9.17) is 5.11 Å². The highest BCUT2D eigenvalue weighted by Crippen LogP contribution is 2.47. The minimum atomic E-state index is -0.900. The van der Waals surface area contributed by atoms with Crippen LogP contribution in [0.15, 0.2) is 0 Å². The Morgan fingerprint density at radius 2 is 2.38 bits per heavy atom. The Hall–Kier alpha value is -0.750. The molecular weight excluding hydrogens is 244 g/mol. The molecule has 6 heteroatoms. The van der Waals surface area contributed by atoms with Gasteiger partial charge in [0.05, 0.1) is 5.69 Å². The first-order chi connectivity index (χ1) is 7.58. The lowest BCUT2D eigenvalue weighted by atomic mass is 10.2. The van der Waals surface area contributed by atoms with Crippen LogP contribution in [0.2, 0.25) is 0 Å². The molecule has 4 nitrogen and oxygen atoms in total. The van der Waals surface area contributed by atoms with E-state index in [1.807, 2.05) is 11.8 Å². The molecule has 0 amide bonds. The van der Waals surface area contributed by atoms with Crippen molar-refractivity contribution in [1.82, 2.24) is 4.37 Å². The van der Waals surface area contributed by atoms with E-state index in [0.29, 0.717) is 21.0 Å². The van der Waals surface area contributed by atoms with E-state index in [9.17, 15) is 4.79 Å². The van der Waals surface area contributed by atoms with Crippen LogP contribution in [0.5, 0.6) is 0 Å². The number of carboxylic acid groups (broad SMARTS) is 1. The SMILES string of the molecule is CSC1(CNc2snc(C)c2C(=O)O)CC1. The number of aromatic nitrogens is 1. The Kier molecular flexibility index (Phi) is 3.12. The summed E-state index contributed by atoms with van der Waals surface area (Å²) in [5.74, 6) is -0.900. The number of carbonyl (C=O) groups is 1. The number of aryl methyl sites for hydroxylation is 1. The zero-order valence-electron chi connectivity index (χ0n) is 9.24. The summed E-state index contributed by atoms with van der Waals surface area (Å²) in [5.41, 5.74) is 0.913. The molecule has 1 aliphatic rings. The molecule has 0 unspecified atom stereocenters. The van der Waals surface area contributed by atoms with Gasteiger partial charge >= 0.3 is 5.97 Å². The maximum Gasteiger partial charge on any atom is 0.340 e. The van der Waals surface area contributed by atoms with Gasteiger partial charge in [0.2, 0.25) is 0 Å². The van der Waals surface area contributed by atoms with E-state index in [2.05, 4.69) is 15.9 Å². The van der Waals surface area contributed by atoms with Crippen LogP contribution in [-0.4, -0.2) is 33.0 Å². The van der Waals surface area contributed by atoms with Crippen molar-refractivity contribution in [1.29, 1.82) is 0 Å². The van der Waals surface area contributed by atoms with Crippen LogP contribution >= 0.6 is 23.3 Å². The first kappa shape index (κ1) is 11.7. The normalized spacial score (nSPS) is 17.1. The van der Waals surface area contributed by atoms with Crippen molar-refractivity contribution >= 4 is 34.3 Å². The molecule has 0 bridgehead atoms. The van der Waals surface area contributed by atoms with Crippen LogP contribution in [0.1, 0.15) is 28.9 Å². The Labute approximate surface area is 103 Å². The fraction of sp³-hybridized carbons (Fsp3) is 0.600. The van der Waals surface area contributed by atoms with E-state index in [0.717, 1.165) is 6.54 Å². The second-order valence-corrected chi connectivity index (χ2v) is 6.07. The quantitative estimate of drug-likeness (QED) is 0.849. The number of rotatable bonds is 5. The maximum absolute atomic E-state index is 11.0. The minimum absolute atomic E-state index is 0.321. The molecule has 1 fully saturated rings. The molecule has 16 heavy (non-hydrogen) atoms. The molecule has 0 saturated heterocycles. The van der Waals surface area contributed by atoms with Gasteiger partial charge in [-0.05, 0) is 37.6 Å². The number of aromatic carboxylic acids is 1. The molecule has 1 saturated carbocycles. The van der Waals surface area contributed by atoms with Gasteiger partial charge in [0, 0.05) is 11.3 Å². The van der Waals surface area contributed by atoms with Crippen LogP contribution in [-0.2, 0) is 0 Å². The Morgan fingerprint density at radius 1 is 1.69 bits per heavy atom. The lowest BCUT2D eigenvalue weighted by Crippen LogP contribution is -2.18. The zero-order chi connectivity index (χ0) is 11.8. The van der Waals surface area contributed by atoms with Crippen molar-refractivity contribution in [3.8, 4) is 0 Å². The maximum atomic E-state index is 11.0.